The van der Waals surface area contributed by atoms with Crippen LogP contribution in [-0.4, -0.2) is 11.5 Å². The molecule has 0 saturated heterocycles. The topological polar surface area (TPSA) is 17.1 Å². The lowest BCUT2D eigenvalue weighted by molar-refractivity contribution is -0.110. The Morgan fingerprint density at radius 1 is 1.75 bits per heavy atom. The molecule has 0 aromatic rings. The number of carbonyl (C=O) groups is 1. The van der Waals surface area contributed by atoms with E-state index < -0.39 is 0 Å². The molecule has 0 saturated carbocycles. The SMILES string of the molecule is CC[C@@H](S)[C@@H](C)C=O. The molecule has 0 rings (SSSR count). The van der Waals surface area contributed by atoms with Crippen molar-refractivity contribution in [1.82, 2.24) is 0 Å². The Hall–Kier alpha value is 0.0200. The molecule has 0 unspecified atom stereocenters. The molecule has 0 radical (unpaired) electrons. The predicted octanol–water partition coefficient (Wildman–Crippen LogP) is 1.53. The first kappa shape index (κ1) is 8.02. The average Bonchev–Trinajstić information content (AvgIpc) is 1.84. The minimum Gasteiger partial charge on any atom is -0.303 e. The maximum atomic E-state index is 10.1. The first-order valence-corrected chi connectivity index (χ1v) is 3.37. The van der Waals surface area contributed by atoms with Gasteiger partial charge in [0.25, 0.3) is 0 Å². The van der Waals surface area contributed by atoms with Gasteiger partial charge in [-0.3, -0.25) is 0 Å². The van der Waals surface area contributed by atoms with Gasteiger partial charge in [-0.05, 0) is 6.42 Å². The monoisotopic (exact) mass is 132 g/mol. The summed E-state index contributed by atoms with van der Waals surface area (Å²) in [6.07, 6.45) is 1.91. The van der Waals surface area contributed by atoms with Crippen LogP contribution in [0.15, 0.2) is 0 Å². The lowest BCUT2D eigenvalue weighted by Crippen LogP contribution is -2.10. The number of rotatable bonds is 3. The van der Waals surface area contributed by atoms with E-state index in [2.05, 4.69) is 12.6 Å². The molecule has 2 heteroatoms. The van der Waals surface area contributed by atoms with E-state index >= 15 is 0 Å². The third-order valence-electron chi connectivity index (χ3n) is 1.24. The van der Waals surface area contributed by atoms with E-state index in [9.17, 15) is 4.79 Å². The summed E-state index contributed by atoms with van der Waals surface area (Å²) >= 11 is 4.17. The molecule has 8 heavy (non-hydrogen) atoms. The molecule has 0 bridgehead atoms. The van der Waals surface area contributed by atoms with Crippen LogP contribution in [0.25, 0.3) is 0 Å². The summed E-state index contributed by atoms with van der Waals surface area (Å²) in [6.45, 7) is 3.91. The number of thiol groups is 1. The number of hydrogen-bond donors (Lipinski definition) is 1. The number of aldehydes is 1. The molecule has 0 aliphatic heterocycles. The van der Waals surface area contributed by atoms with Crippen molar-refractivity contribution < 1.29 is 4.79 Å². The van der Waals surface area contributed by atoms with Crippen LogP contribution in [0.4, 0.5) is 0 Å². The summed E-state index contributed by atoms with van der Waals surface area (Å²) in [5.41, 5.74) is 0. The minimum atomic E-state index is 0.100. The minimum absolute atomic E-state index is 0.100. The maximum Gasteiger partial charge on any atom is 0.123 e. The first-order valence-electron chi connectivity index (χ1n) is 2.85. The van der Waals surface area contributed by atoms with Crippen LogP contribution >= 0.6 is 12.6 Å². The van der Waals surface area contributed by atoms with Crippen molar-refractivity contribution in [2.45, 2.75) is 25.5 Å². The molecular weight excluding hydrogens is 120 g/mol. The fraction of sp³-hybridized carbons (Fsp3) is 0.833. The van der Waals surface area contributed by atoms with Gasteiger partial charge in [0, 0.05) is 11.2 Å². The molecule has 0 spiro atoms. The van der Waals surface area contributed by atoms with Gasteiger partial charge in [-0.1, -0.05) is 13.8 Å². The first-order chi connectivity index (χ1) is 3.72. The smallest absolute Gasteiger partial charge is 0.123 e. The summed E-state index contributed by atoms with van der Waals surface area (Å²) in [5.74, 6) is 0.100. The maximum absolute atomic E-state index is 10.1. The second-order valence-electron chi connectivity index (χ2n) is 1.97. The van der Waals surface area contributed by atoms with E-state index in [0.29, 0.717) is 0 Å². The zero-order valence-electron chi connectivity index (χ0n) is 5.29. The van der Waals surface area contributed by atoms with Crippen molar-refractivity contribution in [2.24, 2.45) is 5.92 Å². The Morgan fingerprint density at radius 3 is 2.38 bits per heavy atom. The Bertz CT molecular complexity index is 72.9. The van der Waals surface area contributed by atoms with Crippen LogP contribution in [0, 0.1) is 5.92 Å². The highest BCUT2D eigenvalue weighted by Gasteiger charge is 2.07. The summed E-state index contributed by atoms with van der Waals surface area (Å²) < 4.78 is 0. The van der Waals surface area contributed by atoms with Crippen molar-refractivity contribution in [3.63, 3.8) is 0 Å². The summed E-state index contributed by atoms with van der Waals surface area (Å²) in [4.78, 5) is 10.1. The highest BCUT2D eigenvalue weighted by molar-refractivity contribution is 7.81. The Kier molecular flexibility index (Phi) is 3.97. The van der Waals surface area contributed by atoms with Gasteiger partial charge in [0.2, 0.25) is 0 Å². The fourth-order valence-electron chi connectivity index (χ4n) is 0.462. The Balaban J connectivity index is 3.44. The van der Waals surface area contributed by atoms with Gasteiger partial charge in [0.15, 0.2) is 0 Å². The second-order valence-corrected chi connectivity index (χ2v) is 2.63. The summed E-state index contributed by atoms with van der Waals surface area (Å²) in [6, 6.07) is 0. The standard InChI is InChI=1S/C6H12OS/c1-3-6(8)5(2)4-7/h4-6,8H,3H2,1-2H3/t5-,6+/m0/s1. The van der Waals surface area contributed by atoms with E-state index in [1.807, 2.05) is 13.8 Å². The zero-order chi connectivity index (χ0) is 6.57. The lowest BCUT2D eigenvalue weighted by Gasteiger charge is -2.08. The van der Waals surface area contributed by atoms with Crippen molar-refractivity contribution >= 4 is 18.9 Å². The van der Waals surface area contributed by atoms with Crippen LogP contribution in [0.3, 0.4) is 0 Å². The zero-order valence-corrected chi connectivity index (χ0v) is 6.19. The summed E-state index contributed by atoms with van der Waals surface area (Å²) in [7, 11) is 0. The van der Waals surface area contributed by atoms with Gasteiger partial charge < -0.3 is 4.79 Å². The molecule has 0 aliphatic carbocycles. The van der Waals surface area contributed by atoms with Crippen LogP contribution in [0.1, 0.15) is 20.3 Å². The van der Waals surface area contributed by atoms with Crippen molar-refractivity contribution in [2.75, 3.05) is 0 Å². The Morgan fingerprint density at radius 2 is 2.25 bits per heavy atom. The molecule has 0 N–H and O–H groups in total. The van der Waals surface area contributed by atoms with Crippen LogP contribution in [-0.2, 0) is 4.79 Å². The lowest BCUT2D eigenvalue weighted by atomic mass is 10.1. The van der Waals surface area contributed by atoms with Gasteiger partial charge in [-0.15, -0.1) is 0 Å². The largest absolute Gasteiger partial charge is 0.303 e. The highest BCUT2D eigenvalue weighted by atomic mass is 32.1. The average molecular weight is 132 g/mol. The van der Waals surface area contributed by atoms with Crippen LogP contribution in [0.2, 0.25) is 0 Å². The van der Waals surface area contributed by atoms with E-state index in [0.717, 1.165) is 12.7 Å². The van der Waals surface area contributed by atoms with E-state index in [4.69, 9.17) is 0 Å². The molecule has 0 fully saturated rings. The second kappa shape index (κ2) is 3.96. The summed E-state index contributed by atoms with van der Waals surface area (Å²) in [5, 5.41) is 0.243. The molecule has 0 aromatic heterocycles. The molecule has 2 atom stereocenters. The number of hydrogen-bond acceptors (Lipinski definition) is 2. The van der Waals surface area contributed by atoms with Gasteiger partial charge in [0.1, 0.15) is 6.29 Å². The van der Waals surface area contributed by atoms with Crippen molar-refractivity contribution in [1.29, 1.82) is 0 Å². The molecule has 0 heterocycles. The van der Waals surface area contributed by atoms with Gasteiger partial charge in [-0.25, -0.2) is 0 Å². The van der Waals surface area contributed by atoms with Crippen molar-refractivity contribution in [3.8, 4) is 0 Å². The van der Waals surface area contributed by atoms with Crippen LogP contribution in [0.5, 0.6) is 0 Å². The Labute approximate surface area is 55.9 Å². The van der Waals surface area contributed by atoms with Gasteiger partial charge >= 0.3 is 0 Å². The normalized spacial score (nSPS) is 17.4. The van der Waals surface area contributed by atoms with Crippen molar-refractivity contribution in [3.05, 3.63) is 0 Å². The van der Waals surface area contributed by atoms with E-state index in [1.165, 1.54) is 0 Å². The number of carbonyl (C=O) groups excluding carboxylic acids is 1. The molecule has 0 aromatic carbocycles. The molecule has 1 nitrogen and oxygen atoms in total. The molecule has 48 valence electrons. The predicted molar refractivity (Wildman–Crippen MR) is 38.3 cm³/mol. The molecule has 0 aliphatic rings. The third-order valence-corrected chi connectivity index (χ3v) is 2.08. The third kappa shape index (κ3) is 2.36. The van der Waals surface area contributed by atoms with E-state index in [-0.39, 0.29) is 11.2 Å². The highest BCUT2D eigenvalue weighted by Crippen LogP contribution is 2.09. The molecule has 0 amide bonds. The van der Waals surface area contributed by atoms with Gasteiger partial charge in [0.05, 0.1) is 0 Å². The van der Waals surface area contributed by atoms with Gasteiger partial charge in [-0.2, -0.15) is 12.6 Å². The molecular formula is C6H12OS. The van der Waals surface area contributed by atoms with E-state index in [1.54, 1.807) is 0 Å². The van der Waals surface area contributed by atoms with Crippen LogP contribution < -0.4 is 0 Å². The quantitative estimate of drug-likeness (QED) is 0.455. The fourth-order valence-corrected chi connectivity index (χ4v) is 0.533.